The predicted molar refractivity (Wildman–Crippen MR) is 90.7 cm³/mol. The molecule has 2 aromatic rings. The lowest BCUT2D eigenvalue weighted by Gasteiger charge is -2.09. The van der Waals surface area contributed by atoms with Gasteiger partial charge < -0.3 is 9.88 Å². The standard InChI is InChI=1S/C19H28N2/c1-6-21-15(4)11-19(16(21)5)13-20-12-17-7-9-18(10-8-17)14(2)3/h7-11,14,20H,6,12-13H2,1-5H3. The average Bonchev–Trinajstić information content (AvgIpc) is 2.73. The van der Waals surface area contributed by atoms with Gasteiger partial charge in [0.1, 0.15) is 0 Å². The maximum Gasteiger partial charge on any atom is 0.0226 e. The number of aryl methyl sites for hydroxylation is 1. The lowest BCUT2D eigenvalue weighted by atomic mass is 10.0. The lowest BCUT2D eigenvalue weighted by Crippen LogP contribution is -2.13. The first kappa shape index (κ1) is 15.8. The Labute approximate surface area is 129 Å². The van der Waals surface area contributed by atoms with Crippen molar-refractivity contribution in [3.8, 4) is 0 Å². The Morgan fingerprint density at radius 2 is 1.71 bits per heavy atom. The Balaban J connectivity index is 1.92. The molecule has 0 aliphatic heterocycles. The molecule has 1 aromatic heterocycles. The molecule has 2 heteroatoms. The molecule has 0 amide bonds. The van der Waals surface area contributed by atoms with Crippen molar-refractivity contribution in [2.24, 2.45) is 0 Å². The van der Waals surface area contributed by atoms with Crippen LogP contribution in [0, 0.1) is 13.8 Å². The Bertz CT molecular complexity index is 576. The van der Waals surface area contributed by atoms with E-state index in [9.17, 15) is 0 Å². The van der Waals surface area contributed by atoms with Crippen LogP contribution < -0.4 is 5.32 Å². The van der Waals surface area contributed by atoms with Crippen LogP contribution in [0.25, 0.3) is 0 Å². The van der Waals surface area contributed by atoms with E-state index in [1.165, 1.54) is 28.1 Å². The van der Waals surface area contributed by atoms with Gasteiger partial charge in [0.2, 0.25) is 0 Å². The van der Waals surface area contributed by atoms with Gasteiger partial charge in [-0.15, -0.1) is 0 Å². The van der Waals surface area contributed by atoms with E-state index in [4.69, 9.17) is 0 Å². The SMILES string of the molecule is CCn1c(C)cc(CNCc2ccc(C(C)C)cc2)c1C. The molecule has 0 radical (unpaired) electrons. The lowest BCUT2D eigenvalue weighted by molar-refractivity contribution is 0.675. The van der Waals surface area contributed by atoms with Gasteiger partial charge in [0, 0.05) is 31.0 Å². The number of hydrogen-bond acceptors (Lipinski definition) is 1. The molecule has 114 valence electrons. The number of hydrogen-bond donors (Lipinski definition) is 1. The van der Waals surface area contributed by atoms with Gasteiger partial charge in [-0.2, -0.15) is 0 Å². The fourth-order valence-electron chi connectivity index (χ4n) is 2.90. The van der Waals surface area contributed by atoms with E-state index in [-0.39, 0.29) is 0 Å². The third kappa shape index (κ3) is 3.76. The summed E-state index contributed by atoms with van der Waals surface area (Å²) < 4.78 is 2.37. The van der Waals surface area contributed by atoms with Crippen LogP contribution in [-0.2, 0) is 19.6 Å². The van der Waals surface area contributed by atoms with E-state index < -0.39 is 0 Å². The van der Waals surface area contributed by atoms with Crippen LogP contribution in [0.4, 0.5) is 0 Å². The van der Waals surface area contributed by atoms with Crippen molar-refractivity contribution in [1.82, 2.24) is 9.88 Å². The quantitative estimate of drug-likeness (QED) is 0.824. The second kappa shape index (κ2) is 6.95. The van der Waals surface area contributed by atoms with Crippen LogP contribution >= 0.6 is 0 Å². The fourth-order valence-corrected chi connectivity index (χ4v) is 2.90. The molecule has 0 bridgehead atoms. The number of rotatable bonds is 6. The summed E-state index contributed by atoms with van der Waals surface area (Å²) in [5.41, 5.74) is 6.91. The first-order valence-corrected chi connectivity index (χ1v) is 7.98. The maximum absolute atomic E-state index is 3.56. The number of aromatic nitrogens is 1. The summed E-state index contributed by atoms with van der Waals surface area (Å²) in [4.78, 5) is 0. The van der Waals surface area contributed by atoms with Crippen molar-refractivity contribution in [3.63, 3.8) is 0 Å². The highest BCUT2D eigenvalue weighted by molar-refractivity contribution is 5.27. The smallest absolute Gasteiger partial charge is 0.0226 e. The first-order chi connectivity index (χ1) is 10.0. The molecule has 0 aliphatic rings. The molecule has 0 saturated heterocycles. The molecule has 2 nitrogen and oxygen atoms in total. The second-order valence-electron chi connectivity index (χ2n) is 6.14. The molecule has 1 heterocycles. The van der Waals surface area contributed by atoms with E-state index >= 15 is 0 Å². The predicted octanol–water partition coefficient (Wildman–Crippen LogP) is 4.54. The van der Waals surface area contributed by atoms with Crippen LogP contribution in [0.1, 0.15) is 54.8 Å². The van der Waals surface area contributed by atoms with E-state index in [1.807, 2.05) is 0 Å². The molecule has 21 heavy (non-hydrogen) atoms. The molecule has 0 spiro atoms. The minimum Gasteiger partial charge on any atom is -0.349 e. The van der Waals surface area contributed by atoms with Gasteiger partial charge in [0.05, 0.1) is 0 Å². The van der Waals surface area contributed by atoms with E-state index in [2.05, 4.69) is 74.8 Å². The summed E-state index contributed by atoms with van der Waals surface area (Å²) in [6, 6.07) is 11.2. The summed E-state index contributed by atoms with van der Waals surface area (Å²) >= 11 is 0. The van der Waals surface area contributed by atoms with E-state index in [1.54, 1.807) is 0 Å². The summed E-state index contributed by atoms with van der Waals surface area (Å²) in [6.07, 6.45) is 0. The highest BCUT2D eigenvalue weighted by Crippen LogP contribution is 2.16. The third-order valence-corrected chi connectivity index (χ3v) is 4.29. The number of nitrogens with one attached hydrogen (secondary N) is 1. The number of benzene rings is 1. The van der Waals surface area contributed by atoms with Gasteiger partial charge >= 0.3 is 0 Å². The normalized spacial score (nSPS) is 11.3. The van der Waals surface area contributed by atoms with Crippen molar-refractivity contribution in [2.75, 3.05) is 0 Å². The molecule has 2 rings (SSSR count). The molecular weight excluding hydrogens is 256 g/mol. The van der Waals surface area contributed by atoms with Crippen molar-refractivity contribution < 1.29 is 0 Å². The molecule has 0 fully saturated rings. The minimum atomic E-state index is 0.603. The Morgan fingerprint density at radius 3 is 2.24 bits per heavy atom. The summed E-state index contributed by atoms with van der Waals surface area (Å²) in [7, 11) is 0. The third-order valence-electron chi connectivity index (χ3n) is 4.29. The maximum atomic E-state index is 3.56. The van der Waals surface area contributed by atoms with Crippen molar-refractivity contribution >= 4 is 0 Å². The van der Waals surface area contributed by atoms with Crippen molar-refractivity contribution in [2.45, 2.75) is 60.2 Å². The molecule has 1 N–H and O–H groups in total. The zero-order chi connectivity index (χ0) is 15.4. The van der Waals surface area contributed by atoms with Crippen LogP contribution in [0.5, 0.6) is 0 Å². The molecule has 1 aromatic carbocycles. The summed E-state index contributed by atoms with van der Waals surface area (Å²) in [6.45, 7) is 14.0. The van der Waals surface area contributed by atoms with Crippen LogP contribution in [0.2, 0.25) is 0 Å². The highest BCUT2D eigenvalue weighted by Gasteiger charge is 2.07. The zero-order valence-corrected chi connectivity index (χ0v) is 14.0. The molecule has 0 saturated carbocycles. The Morgan fingerprint density at radius 1 is 1.05 bits per heavy atom. The Hall–Kier alpha value is -1.54. The first-order valence-electron chi connectivity index (χ1n) is 7.98. The molecule has 0 unspecified atom stereocenters. The minimum absolute atomic E-state index is 0.603. The highest BCUT2D eigenvalue weighted by atomic mass is 15.0. The van der Waals surface area contributed by atoms with Crippen molar-refractivity contribution in [3.05, 3.63) is 58.4 Å². The van der Waals surface area contributed by atoms with Gasteiger partial charge in [-0.3, -0.25) is 0 Å². The topological polar surface area (TPSA) is 17.0 Å². The van der Waals surface area contributed by atoms with Crippen molar-refractivity contribution in [1.29, 1.82) is 0 Å². The van der Waals surface area contributed by atoms with Gasteiger partial charge in [-0.25, -0.2) is 0 Å². The molecular formula is C19H28N2. The summed E-state index contributed by atoms with van der Waals surface area (Å²) in [5.74, 6) is 0.603. The second-order valence-corrected chi connectivity index (χ2v) is 6.14. The molecule has 0 atom stereocenters. The van der Waals surface area contributed by atoms with E-state index in [0.29, 0.717) is 5.92 Å². The van der Waals surface area contributed by atoms with Crippen LogP contribution in [-0.4, -0.2) is 4.57 Å². The fraction of sp³-hybridized carbons (Fsp3) is 0.474. The van der Waals surface area contributed by atoms with Crippen LogP contribution in [0.3, 0.4) is 0 Å². The van der Waals surface area contributed by atoms with Gasteiger partial charge in [0.25, 0.3) is 0 Å². The summed E-state index contributed by atoms with van der Waals surface area (Å²) in [5, 5.41) is 3.56. The number of nitrogens with zero attached hydrogens (tertiary/aromatic N) is 1. The van der Waals surface area contributed by atoms with Gasteiger partial charge in [-0.1, -0.05) is 38.1 Å². The van der Waals surface area contributed by atoms with Crippen LogP contribution in [0.15, 0.2) is 30.3 Å². The largest absolute Gasteiger partial charge is 0.349 e. The molecule has 0 aliphatic carbocycles. The van der Waals surface area contributed by atoms with Gasteiger partial charge in [0.15, 0.2) is 0 Å². The van der Waals surface area contributed by atoms with E-state index in [0.717, 1.165) is 19.6 Å². The Kier molecular flexibility index (Phi) is 5.24. The van der Waals surface area contributed by atoms with Gasteiger partial charge in [-0.05, 0) is 49.4 Å². The monoisotopic (exact) mass is 284 g/mol. The average molecular weight is 284 g/mol. The zero-order valence-electron chi connectivity index (χ0n) is 14.0.